The summed E-state index contributed by atoms with van der Waals surface area (Å²) in [5.41, 5.74) is 0.951. The van der Waals surface area contributed by atoms with E-state index in [0.717, 1.165) is 12.2 Å². The molecule has 4 rings (SSSR count). The van der Waals surface area contributed by atoms with Crippen LogP contribution in [0.1, 0.15) is 10.4 Å². The number of hydrogen-bond donors (Lipinski definition) is 0. The lowest BCUT2D eigenvalue weighted by Gasteiger charge is -2.43. The van der Waals surface area contributed by atoms with Gasteiger partial charge in [-0.25, -0.2) is 9.97 Å². The summed E-state index contributed by atoms with van der Waals surface area (Å²) < 4.78 is 12.0. The Hall–Kier alpha value is -2.58. The molecule has 0 unspecified atom stereocenters. The number of anilines is 1. The predicted molar refractivity (Wildman–Crippen MR) is 93.9 cm³/mol. The Balaban J connectivity index is 1.53. The SMILES string of the molecule is O=C(c1cccnc1)N1CCO[C@@]2(COCCN(c3cncnc3)C2)C1. The average molecular weight is 355 g/mol. The van der Waals surface area contributed by atoms with E-state index in [1.165, 1.54) is 6.33 Å². The van der Waals surface area contributed by atoms with Crippen LogP contribution in [0.3, 0.4) is 0 Å². The van der Waals surface area contributed by atoms with Crippen LogP contribution in [0.25, 0.3) is 0 Å². The van der Waals surface area contributed by atoms with Crippen LogP contribution in [0.5, 0.6) is 0 Å². The highest BCUT2D eigenvalue weighted by Gasteiger charge is 2.42. The molecule has 2 aliphatic heterocycles. The first kappa shape index (κ1) is 16.9. The lowest BCUT2D eigenvalue weighted by Crippen LogP contribution is -2.60. The molecule has 4 heterocycles. The molecule has 0 N–H and O–H groups in total. The van der Waals surface area contributed by atoms with E-state index in [1.54, 1.807) is 36.9 Å². The van der Waals surface area contributed by atoms with E-state index in [9.17, 15) is 4.79 Å². The third-order valence-electron chi connectivity index (χ3n) is 4.71. The van der Waals surface area contributed by atoms with Crippen molar-refractivity contribution in [2.45, 2.75) is 5.60 Å². The molecule has 1 amide bonds. The van der Waals surface area contributed by atoms with Gasteiger partial charge in [-0.1, -0.05) is 0 Å². The van der Waals surface area contributed by atoms with Gasteiger partial charge < -0.3 is 19.3 Å². The number of amides is 1. The minimum atomic E-state index is -0.567. The molecule has 1 spiro atoms. The van der Waals surface area contributed by atoms with E-state index >= 15 is 0 Å². The molecule has 2 aromatic rings. The molecule has 2 aliphatic rings. The highest BCUT2D eigenvalue weighted by Crippen LogP contribution is 2.26. The summed E-state index contributed by atoms with van der Waals surface area (Å²) >= 11 is 0. The topological polar surface area (TPSA) is 80.7 Å². The summed E-state index contributed by atoms with van der Waals surface area (Å²) in [6, 6.07) is 3.56. The molecule has 2 aromatic heterocycles. The number of ether oxygens (including phenoxy) is 2. The van der Waals surface area contributed by atoms with Crippen molar-refractivity contribution in [1.82, 2.24) is 19.9 Å². The van der Waals surface area contributed by atoms with E-state index in [0.29, 0.717) is 45.0 Å². The Kier molecular flexibility index (Phi) is 4.77. The van der Waals surface area contributed by atoms with Crippen molar-refractivity contribution < 1.29 is 14.3 Å². The molecule has 136 valence electrons. The zero-order valence-electron chi connectivity index (χ0n) is 14.5. The predicted octanol–water partition coefficient (Wildman–Crippen LogP) is 0.620. The number of rotatable bonds is 2. The van der Waals surface area contributed by atoms with Crippen LogP contribution in [0.15, 0.2) is 43.2 Å². The maximum atomic E-state index is 12.8. The Labute approximate surface area is 151 Å². The molecule has 2 saturated heterocycles. The molecule has 0 bridgehead atoms. The van der Waals surface area contributed by atoms with Crippen LogP contribution in [0.2, 0.25) is 0 Å². The smallest absolute Gasteiger partial charge is 0.255 e. The Morgan fingerprint density at radius 1 is 1.08 bits per heavy atom. The van der Waals surface area contributed by atoms with Gasteiger partial charge in [-0.3, -0.25) is 9.78 Å². The minimum Gasteiger partial charge on any atom is -0.376 e. The molecule has 0 aromatic carbocycles. The molecule has 2 fully saturated rings. The van der Waals surface area contributed by atoms with Crippen LogP contribution >= 0.6 is 0 Å². The van der Waals surface area contributed by atoms with Crippen molar-refractivity contribution in [2.75, 3.05) is 50.9 Å². The first-order chi connectivity index (χ1) is 12.8. The van der Waals surface area contributed by atoms with Gasteiger partial charge in [0.15, 0.2) is 0 Å². The van der Waals surface area contributed by atoms with E-state index in [1.807, 2.05) is 4.90 Å². The number of nitrogens with zero attached hydrogens (tertiary/aromatic N) is 5. The Bertz CT molecular complexity index is 745. The maximum absolute atomic E-state index is 12.8. The number of pyridine rings is 1. The summed E-state index contributed by atoms with van der Waals surface area (Å²) in [5.74, 6) is -0.0281. The highest BCUT2D eigenvalue weighted by atomic mass is 16.5. The van der Waals surface area contributed by atoms with Crippen molar-refractivity contribution in [3.8, 4) is 0 Å². The van der Waals surface area contributed by atoms with E-state index in [4.69, 9.17) is 9.47 Å². The Morgan fingerprint density at radius 3 is 2.77 bits per heavy atom. The van der Waals surface area contributed by atoms with Crippen molar-refractivity contribution in [3.63, 3.8) is 0 Å². The van der Waals surface area contributed by atoms with Crippen molar-refractivity contribution >= 4 is 11.6 Å². The standard InChI is InChI=1S/C18H21N5O3/c24-17(15-2-1-3-19-8-15)23-5-7-26-18(12-23)11-22(4-6-25-13-18)16-9-20-14-21-10-16/h1-3,8-10,14H,4-7,11-13H2/t18-/m1/s1. The second kappa shape index (κ2) is 7.35. The molecule has 8 nitrogen and oxygen atoms in total. The maximum Gasteiger partial charge on any atom is 0.255 e. The molecule has 1 atom stereocenters. The van der Waals surface area contributed by atoms with E-state index in [-0.39, 0.29) is 5.91 Å². The van der Waals surface area contributed by atoms with Crippen molar-refractivity contribution in [1.29, 1.82) is 0 Å². The van der Waals surface area contributed by atoms with E-state index in [2.05, 4.69) is 19.9 Å². The summed E-state index contributed by atoms with van der Waals surface area (Å²) in [6.07, 6.45) is 8.35. The van der Waals surface area contributed by atoms with Crippen molar-refractivity contribution in [3.05, 3.63) is 48.8 Å². The van der Waals surface area contributed by atoms with Gasteiger partial charge in [-0.2, -0.15) is 0 Å². The molecule has 26 heavy (non-hydrogen) atoms. The summed E-state index contributed by atoms with van der Waals surface area (Å²) in [6.45, 7) is 3.92. The van der Waals surface area contributed by atoms with Crippen LogP contribution in [-0.4, -0.2) is 77.4 Å². The highest BCUT2D eigenvalue weighted by molar-refractivity contribution is 5.94. The van der Waals surface area contributed by atoms with Crippen LogP contribution in [0.4, 0.5) is 5.69 Å². The second-order valence-corrected chi connectivity index (χ2v) is 6.57. The fourth-order valence-corrected chi connectivity index (χ4v) is 3.45. The lowest BCUT2D eigenvalue weighted by molar-refractivity contribution is -0.124. The zero-order valence-corrected chi connectivity index (χ0v) is 14.5. The molecular weight excluding hydrogens is 334 g/mol. The first-order valence-corrected chi connectivity index (χ1v) is 8.67. The molecule has 8 heteroatoms. The number of hydrogen-bond acceptors (Lipinski definition) is 7. The number of aromatic nitrogens is 3. The fourth-order valence-electron chi connectivity index (χ4n) is 3.45. The third-order valence-corrected chi connectivity index (χ3v) is 4.71. The molecule has 0 aliphatic carbocycles. The molecule has 0 saturated carbocycles. The monoisotopic (exact) mass is 355 g/mol. The number of carbonyl (C=O) groups is 1. The lowest BCUT2D eigenvalue weighted by atomic mass is 10.0. The fraction of sp³-hybridized carbons (Fsp3) is 0.444. The van der Waals surface area contributed by atoms with Gasteiger partial charge >= 0.3 is 0 Å². The molecule has 0 radical (unpaired) electrons. The number of morpholine rings is 1. The number of carbonyl (C=O) groups excluding carboxylic acids is 1. The van der Waals surface area contributed by atoms with Gasteiger partial charge in [0.05, 0.1) is 56.6 Å². The van der Waals surface area contributed by atoms with Gasteiger partial charge in [0.2, 0.25) is 0 Å². The largest absolute Gasteiger partial charge is 0.376 e. The van der Waals surface area contributed by atoms with Crippen LogP contribution < -0.4 is 4.90 Å². The minimum absolute atomic E-state index is 0.0281. The second-order valence-electron chi connectivity index (χ2n) is 6.57. The van der Waals surface area contributed by atoms with Gasteiger partial charge in [0.25, 0.3) is 5.91 Å². The van der Waals surface area contributed by atoms with Gasteiger partial charge in [-0.05, 0) is 12.1 Å². The zero-order chi connectivity index (χ0) is 17.8. The molecular formula is C18H21N5O3. The normalized spacial score (nSPS) is 23.7. The average Bonchev–Trinajstić information content (AvgIpc) is 2.91. The van der Waals surface area contributed by atoms with Crippen LogP contribution in [0, 0.1) is 0 Å². The summed E-state index contributed by atoms with van der Waals surface area (Å²) in [5, 5.41) is 0. The van der Waals surface area contributed by atoms with Gasteiger partial charge in [0.1, 0.15) is 11.9 Å². The Morgan fingerprint density at radius 2 is 1.96 bits per heavy atom. The van der Waals surface area contributed by atoms with Crippen LogP contribution in [-0.2, 0) is 9.47 Å². The quantitative estimate of drug-likeness (QED) is 0.781. The van der Waals surface area contributed by atoms with Crippen molar-refractivity contribution in [2.24, 2.45) is 0 Å². The summed E-state index contributed by atoms with van der Waals surface area (Å²) in [7, 11) is 0. The van der Waals surface area contributed by atoms with Gasteiger partial charge in [0, 0.05) is 25.5 Å². The first-order valence-electron chi connectivity index (χ1n) is 8.67. The third kappa shape index (κ3) is 3.51. The van der Waals surface area contributed by atoms with Gasteiger partial charge in [-0.15, -0.1) is 0 Å². The summed E-state index contributed by atoms with van der Waals surface area (Å²) in [4.78, 5) is 29.1. The van der Waals surface area contributed by atoms with E-state index < -0.39 is 5.60 Å².